The number of allylic oxidation sites excluding steroid dienone is 1. The Morgan fingerprint density at radius 1 is 1.03 bits per heavy atom. The molecule has 0 fully saturated rings. The molecule has 1 aliphatic rings. The van der Waals surface area contributed by atoms with Crippen LogP contribution in [0.25, 0.3) is 16.2 Å². The number of benzene rings is 2. The number of nitrogens with zero attached hydrogens (tertiary/aromatic N) is 2. The average Bonchev–Trinajstić information content (AvgIpc) is 2.85. The number of hydrogen-bond donors (Lipinski definition) is 1. The summed E-state index contributed by atoms with van der Waals surface area (Å²) in [5.41, 5.74) is 6.23. The Morgan fingerprint density at radius 2 is 1.75 bits per heavy atom. The van der Waals surface area contributed by atoms with Gasteiger partial charge in [0, 0.05) is 16.9 Å². The quantitative estimate of drug-likeness (QED) is 0.467. The molecule has 0 atom stereocenters. The molecule has 0 saturated heterocycles. The molecule has 4 nitrogen and oxygen atoms in total. The largest absolute Gasteiger partial charge is 0.309 e. The minimum atomic E-state index is -0.0397. The van der Waals surface area contributed by atoms with Gasteiger partial charge in [-0.3, -0.25) is 4.79 Å². The topological polar surface area (TPSA) is 54.9 Å². The zero-order chi connectivity index (χ0) is 22.9. The normalized spacial score (nSPS) is 12.2. The molecule has 0 bridgehead atoms. The summed E-state index contributed by atoms with van der Waals surface area (Å²) < 4.78 is 0. The van der Waals surface area contributed by atoms with E-state index in [0.29, 0.717) is 18.7 Å². The van der Waals surface area contributed by atoms with Crippen LogP contribution in [-0.2, 0) is 24.1 Å². The summed E-state index contributed by atoms with van der Waals surface area (Å²) in [7, 11) is 0. The molecular formula is C27H31N3OS. The van der Waals surface area contributed by atoms with Gasteiger partial charge in [-0.1, -0.05) is 74.5 Å². The van der Waals surface area contributed by atoms with Gasteiger partial charge in [0.05, 0.1) is 11.4 Å². The predicted octanol–water partition coefficient (Wildman–Crippen LogP) is 6.56. The number of nitrogens with one attached hydrogen (secondary N) is 1. The number of anilines is 1. The minimum absolute atomic E-state index is 0.0397. The lowest BCUT2D eigenvalue weighted by atomic mass is 9.92. The van der Waals surface area contributed by atoms with E-state index in [9.17, 15) is 4.79 Å². The summed E-state index contributed by atoms with van der Waals surface area (Å²) in [5.74, 6) is 0.524. The molecule has 1 aromatic heterocycles. The third-order valence-corrected chi connectivity index (χ3v) is 6.20. The highest BCUT2D eigenvalue weighted by Gasteiger charge is 2.23. The molecule has 32 heavy (non-hydrogen) atoms. The van der Waals surface area contributed by atoms with Gasteiger partial charge < -0.3 is 5.32 Å². The van der Waals surface area contributed by atoms with Gasteiger partial charge in [0.25, 0.3) is 0 Å². The fourth-order valence-corrected chi connectivity index (χ4v) is 4.36. The molecule has 0 unspecified atom stereocenters. The average molecular weight is 446 g/mol. The van der Waals surface area contributed by atoms with Crippen molar-refractivity contribution in [2.75, 3.05) is 11.6 Å². The van der Waals surface area contributed by atoms with Crippen LogP contribution in [0.5, 0.6) is 0 Å². The van der Waals surface area contributed by atoms with Crippen LogP contribution in [0.1, 0.15) is 49.7 Å². The molecule has 0 spiro atoms. The van der Waals surface area contributed by atoms with Crippen molar-refractivity contribution in [2.24, 2.45) is 0 Å². The van der Waals surface area contributed by atoms with Crippen molar-refractivity contribution in [2.45, 2.75) is 46.5 Å². The highest BCUT2D eigenvalue weighted by atomic mass is 32.2. The van der Waals surface area contributed by atoms with E-state index in [1.165, 1.54) is 5.56 Å². The first-order valence-corrected chi connectivity index (χ1v) is 12.5. The van der Waals surface area contributed by atoms with Crippen molar-refractivity contribution in [3.63, 3.8) is 0 Å². The van der Waals surface area contributed by atoms with Crippen molar-refractivity contribution in [3.8, 4) is 11.3 Å². The Bertz CT molecular complexity index is 1090. The van der Waals surface area contributed by atoms with E-state index < -0.39 is 0 Å². The van der Waals surface area contributed by atoms with Gasteiger partial charge >= 0.3 is 0 Å². The highest BCUT2D eigenvalue weighted by Crippen LogP contribution is 2.36. The molecule has 3 aromatic rings. The van der Waals surface area contributed by atoms with Crippen LogP contribution in [0, 0.1) is 0 Å². The second-order valence-electron chi connectivity index (χ2n) is 7.26. The second kappa shape index (κ2) is 11.6. The molecule has 0 saturated carbocycles. The molecule has 2 aromatic carbocycles. The predicted molar refractivity (Wildman–Crippen MR) is 137 cm³/mol. The lowest BCUT2D eigenvalue weighted by molar-refractivity contribution is -0.116. The molecule has 1 amide bonds. The Labute approximate surface area is 195 Å². The van der Waals surface area contributed by atoms with Crippen LogP contribution in [0.4, 0.5) is 5.82 Å². The number of hydrogen-bond acceptors (Lipinski definition) is 4. The molecule has 0 radical (unpaired) electrons. The van der Waals surface area contributed by atoms with E-state index in [-0.39, 0.29) is 5.91 Å². The van der Waals surface area contributed by atoms with Crippen LogP contribution in [0.15, 0.2) is 60.7 Å². The van der Waals surface area contributed by atoms with E-state index >= 15 is 0 Å². The first-order valence-electron chi connectivity index (χ1n) is 11.2. The molecular weight excluding hydrogens is 414 g/mol. The molecule has 1 aliphatic carbocycles. The van der Waals surface area contributed by atoms with E-state index in [1.54, 1.807) is 11.8 Å². The molecule has 166 valence electrons. The Balaban J connectivity index is 0.00000141. The molecule has 0 aliphatic heterocycles. The highest BCUT2D eigenvalue weighted by molar-refractivity contribution is 8.07. The number of fused-ring (bicyclic) bond motifs is 3. The summed E-state index contributed by atoms with van der Waals surface area (Å²) in [6.07, 6.45) is 6.93. The number of carbonyl (C=O) groups is 1. The first-order chi connectivity index (χ1) is 15.7. The van der Waals surface area contributed by atoms with Gasteiger partial charge in [0.15, 0.2) is 5.82 Å². The fourth-order valence-electron chi connectivity index (χ4n) is 3.79. The summed E-state index contributed by atoms with van der Waals surface area (Å²) in [5, 5.41) is 3.04. The van der Waals surface area contributed by atoms with Gasteiger partial charge in [0.2, 0.25) is 5.91 Å². The van der Waals surface area contributed by atoms with Crippen LogP contribution in [0.2, 0.25) is 0 Å². The maximum atomic E-state index is 12.7. The summed E-state index contributed by atoms with van der Waals surface area (Å²) in [6.45, 7) is 5.99. The van der Waals surface area contributed by atoms with Gasteiger partial charge in [-0.25, -0.2) is 9.97 Å². The summed E-state index contributed by atoms with van der Waals surface area (Å²) in [6, 6.07) is 18.4. The molecule has 4 rings (SSSR count). The van der Waals surface area contributed by atoms with E-state index in [1.807, 2.05) is 69.5 Å². The Kier molecular flexibility index (Phi) is 8.63. The lowest BCUT2D eigenvalue weighted by Gasteiger charge is -2.21. The standard InChI is InChI=1S/C25H25N3OS.C2H6/c1-3-21(30-2)24-25(27-22(29)16-13-17-9-5-4-6-10-17)26-20-15-14-18-11-7-8-12-19(18)23(20)28-24;1-2/h3-12H,13-16H2,1-2H3,(H,26,27,29);1-2H3/b21-3-;. The summed E-state index contributed by atoms with van der Waals surface area (Å²) in [4.78, 5) is 23.6. The van der Waals surface area contributed by atoms with Crippen LogP contribution in [-0.4, -0.2) is 22.1 Å². The zero-order valence-electron chi connectivity index (χ0n) is 19.3. The van der Waals surface area contributed by atoms with Crippen molar-refractivity contribution in [1.82, 2.24) is 9.97 Å². The molecule has 1 N–H and O–H groups in total. The maximum Gasteiger partial charge on any atom is 0.225 e. The second-order valence-corrected chi connectivity index (χ2v) is 8.11. The van der Waals surface area contributed by atoms with Crippen LogP contribution < -0.4 is 5.32 Å². The first kappa shape index (κ1) is 23.7. The zero-order valence-corrected chi connectivity index (χ0v) is 20.1. The SMILES string of the molecule is C/C=C(\SC)c1nc2c(nc1NC(=O)CCc1ccccc1)CCc1ccccc1-2.CC. The van der Waals surface area contributed by atoms with E-state index in [0.717, 1.165) is 46.0 Å². The number of aryl methyl sites for hydroxylation is 3. The maximum absolute atomic E-state index is 12.7. The van der Waals surface area contributed by atoms with Crippen molar-refractivity contribution in [1.29, 1.82) is 0 Å². The van der Waals surface area contributed by atoms with Gasteiger partial charge in [0.1, 0.15) is 5.69 Å². The monoisotopic (exact) mass is 445 g/mol. The third kappa shape index (κ3) is 5.46. The van der Waals surface area contributed by atoms with Crippen LogP contribution >= 0.6 is 11.8 Å². The Morgan fingerprint density at radius 3 is 2.47 bits per heavy atom. The number of carbonyl (C=O) groups excluding carboxylic acids is 1. The Hall–Kier alpha value is -2.92. The number of amides is 1. The smallest absolute Gasteiger partial charge is 0.225 e. The van der Waals surface area contributed by atoms with Gasteiger partial charge in [-0.05, 0) is 43.6 Å². The number of rotatable bonds is 6. The van der Waals surface area contributed by atoms with E-state index in [4.69, 9.17) is 9.97 Å². The van der Waals surface area contributed by atoms with Gasteiger partial charge in [-0.15, -0.1) is 11.8 Å². The van der Waals surface area contributed by atoms with Crippen LogP contribution in [0.3, 0.4) is 0 Å². The minimum Gasteiger partial charge on any atom is -0.309 e. The number of aromatic nitrogens is 2. The number of thioether (sulfide) groups is 1. The van der Waals surface area contributed by atoms with E-state index in [2.05, 4.69) is 23.5 Å². The third-order valence-electron chi connectivity index (χ3n) is 5.33. The molecule has 1 heterocycles. The van der Waals surface area contributed by atoms with Crippen molar-refractivity contribution in [3.05, 3.63) is 83.2 Å². The fraction of sp³-hybridized carbons (Fsp3) is 0.296. The molecule has 5 heteroatoms. The lowest BCUT2D eigenvalue weighted by Crippen LogP contribution is -2.18. The van der Waals surface area contributed by atoms with Gasteiger partial charge in [-0.2, -0.15) is 0 Å². The summed E-state index contributed by atoms with van der Waals surface area (Å²) >= 11 is 1.61. The van der Waals surface area contributed by atoms with Crippen molar-refractivity contribution >= 4 is 28.4 Å². The van der Waals surface area contributed by atoms with Crippen molar-refractivity contribution < 1.29 is 4.79 Å².